The first-order valence-corrected chi connectivity index (χ1v) is 6.11. The second kappa shape index (κ2) is 9.10. The molecule has 5 nitrogen and oxygen atoms in total. The highest BCUT2D eigenvalue weighted by Crippen LogP contribution is 2.15. The summed E-state index contributed by atoms with van der Waals surface area (Å²) in [5, 5.41) is 0. The van der Waals surface area contributed by atoms with Crippen molar-refractivity contribution in [3.05, 3.63) is 29.8 Å². The number of esters is 1. The molecule has 0 atom stereocenters. The molecule has 0 aromatic heterocycles. The largest absolute Gasteiger partial charge is 0.456 e. The molecular formula is C14H22N2O3. The molecule has 0 saturated carbocycles. The van der Waals surface area contributed by atoms with E-state index in [9.17, 15) is 9.59 Å². The molecule has 0 heterocycles. The summed E-state index contributed by atoms with van der Waals surface area (Å²) in [4.78, 5) is 23.8. The van der Waals surface area contributed by atoms with Crippen molar-refractivity contribution < 1.29 is 14.3 Å². The van der Waals surface area contributed by atoms with E-state index in [1.165, 1.54) is 18.9 Å². The molecule has 1 rings (SSSR count). The van der Waals surface area contributed by atoms with Gasteiger partial charge in [0, 0.05) is 19.7 Å². The molecule has 5 heteroatoms. The van der Waals surface area contributed by atoms with Gasteiger partial charge in [-0.15, -0.1) is 0 Å². The lowest BCUT2D eigenvalue weighted by Crippen LogP contribution is -2.30. The van der Waals surface area contributed by atoms with Gasteiger partial charge in [-0.3, -0.25) is 9.59 Å². The van der Waals surface area contributed by atoms with E-state index < -0.39 is 5.97 Å². The van der Waals surface area contributed by atoms with Crippen molar-refractivity contribution in [1.82, 2.24) is 0 Å². The summed E-state index contributed by atoms with van der Waals surface area (Å²) >= 11 is 0. The SMILES string of the molecule is CCc1cccc(N(C)C(=O)COC(C)=O)c1.CN. The average Bonchev–Trinajstić information content (AvgIpc) is 2.46. The molecule has 0 spiro atoms. The van der Waals surface area contributed by atoms with Crippen molar-refractivity contribution in [1.29, 1.82) is 0 Å². The van der Waals surface area contributed by atoms with Gasteiger partial charge in [-0.05, 0) is 31.2 Å². The number of nitrogens with two attached hydrogens (primary N) is 1. The summed E-state index contributed by atoms with van der Waals surface area (Å²) in [6.45, 7) is 3.12. The number of carbonyl (C=O) groups excluding carboxylic acids is 2. The second-order valence-corrected chi connectivity index (χ2v) is 3.76. The molecule has 1 aromatic rings. The van der Waals surface area contributed by atoms with Crippen LogP contribution in [-0.4, -0.2) is 32.6 Å². The molecular weight excluding hydrogens is 244 g/mol. The fourth-order valence-corrected chi connectivity index (χ4v) is 1.39. The fraction of sp³-hybridized carbons (Fsp3) is 0.429. The number of nitrogens with zero attached hydrogens (tertiary/aromatic N) is 1. The Hall–Kier alpha value is -1.88. The normalized spacial score (nSPS) is 9.11. The maximum atomic E-state index is 11.7. The summed E-state index contributed by atoms with van der Waals surface area (Å²) < 4.78 is 4.67. The number of rotatable bonds is 4. The molecule has 0 aliphatic carbocycles. The number of ether oxygens (including phenoxy) is 1. The van der Waals surface area contributed by atoms with Gasteiger partial charge >= 0.3 is 5.97 Å². The molecule has 0 aliphatic rings. The minimum absolute atomic E-state index is 0.220. The standard InChI is InChI=1S/C13H17NO3.CH5N/c1-4-11-6-5-7-12(8-11)14(3)13(16)9-17-10(2)15;1-2/h5-8H,4,9H2,1-3H3;2H2,1H3. The van der Waals surface area contributed by atoms with Crippen molar-refractivity contribution in [3.8, 4) is 0 Å². The number of benzene rings is 1. The molecule has 106 valence electrons. The zero-order chi connectivity index (χ0) is 14.8. The van der Waals surface area contributed by atoms with Gasteiger partial charge in [0.25, 0.3) is 5.91 Å². The molecule has 1 amide bonds. The highest BCUT2D eigenvalue weighted by Gasteiger charge is 2.12. The molecule has 2 N–H and O–H groups in total. The van der Waals surface area contributed by atoms with Crippen molar-refractivity contribution >= 4 is 17.6 Å². The molecule has 0 radical (unpaired) electrons. The number of carbonyl (C=O) groups is 2. The zero-order valence-corrected chi connectivity index (χ0v) is 12.0. The van der Waals surface area contributed by atoms with E-state index in [4.69, 9.17) is 0 Å². The van der Waals surface area contributed by atoms with E-state index in [1.807, 2.05) is 24.3 Å². The van der Waals surface area contributed by atoms with Gasteiger partial charge in [0.1, 0.15) is 0 Å². The minimum Gasteiger partial charge on any atom is -0.456 e. The number of hydrogen-bond acceptors (Lipinski definition) is 4. The molecule has 19 heavy (non-hydrogen) atoms. The highest BCUT2D eigenvalue weighted by molar-refractivity contribution is 5.94. The van der Waals surface area contributed by atoms with Crippen LogP contribution < -0.4 is 10.6 Å². The van der Waals surface area contributed by atoms with Gasteiger partial charge in [-0.25, -0.2) is 0 Å². The van der Waals surface area contributed by atoms with Crippen LogP contribution in [0.4, 0.5) is 5.69 Å². The average molecular weight is 266 g/mol. The smallest absolute Gasteiger partial charge is 0.303 e. The molecule has 0 bridgehead atoms. The number of hydrogen-bond donors (Lipinski definition) is 1. The van der Waals surface area contributed by atoms with Crippen molar-refractivity contribution in [2.75, 3.05) is 25.6 Å². The van der Waals surface area contributed by atoms with Gasteiger partial charge in [0.2, 0.25) is 0 Å². The molecule has 0 unspecified atom stereocenters. The van der Waals surface area contributed by atoms with Crippen LogP contribution in [0.5, 0.6) is 0 Å². The van der Waals surface area contributed by atoms with Crippen LogP contribution in [0.2, 0.25) is 0 Å². The van der Waals surface area contributed by atoms with E-state index in [2.05, 4.69) is 17.4 Å². The third kappa shape index (κ3) is 6.01. The Labute approximate surface area is 114 Å². The number of amides is 1. The van der Waals surface area contributed by atoms with Crippen LogP contribution in [0.15, 0.2) is 24.3 Å². The van der Waals surface area contributed by atoms with Crippen LogP contribution >= 0.6 is 0 Å². The van der Waals surface area contributed by atoms with Gasteiger partial charge in [-0.2, -0.15) is 0 Å². The summed E-state index contributed by atoms with van der Waals surface area (Å²) in [5.74, 6) is -0.692. The van der Waals surface area contributed by atoms with Crippen molar-refractivity contribution in [2.45, 2.75) is 20.3 Å². The lowest BCUT2D eigenvalue weighted by atomic mass is 10.1. The Morgan fingerprint density at radius 2 is 1.95 bits per heavy atom. The van der Waals surface area contributed by atoms with Crippen LogP contribution in [0.1, 0.15) is 19.4 Å². The third-order valence-electron chi connectivity index (χ3n) is 2.48. The van der Waals surface area contributed by atoms with E-state index in [0.717, 1.165) is 17.7 Å². The number of likely N-dealkylation sites (N-methyl/N-ethyl adjacent to an activating group) is 1. The Bertz CT molecular complexity index is 419. The first kappa shape index (κ1) is 17.1. The van der Waals surface area contributed by atoms with Crippen molar-refractivity contribution in [3.63, 3.8) is 0 Å². The van der Waals surface area contributed by atoms with E-state index >= 15 is 0 Å². The van der Waals surface area contributed by atoms with Gasteiger partial charge in [0.05, 0.1) is 0 Å². The van der Waals surface area contributed by atoms with E-state index in [-0.39, 0.29) is 12.5 Å². The number of aryl methyl sites for hydroxylation is 1. The topological polar surface area (TPSA) is 72.6 Å². The predicted molar refractivity (Wildman–Crippen MR) is 76.0 cm³/mol. The molecule has 1 aromatic carbocycles. The number of anilines is 1. The van der Waals surface area contributed by atoms with E-state index in [0.29, 0.717) is 0 Å². The van der Waals surface area contributed by atoms with Crippen LogP contribution in [-0.2, 0) is 20.7 Å². The zero-order valence-electron chi connectivity index (χ0n) is 12.0. The second-order valence-electron chi connectivity index (χ2n) is 3.76. The molecule has 0 fully saturated rings. The van der Waals surface area contributed by atoms with Gasteiger partial charge in [0.15, 0.2) is 6.61 Å². The summed E-state index contributed by atoms with van der Waals surface area (Å²) in [6, 6.07) is 7.72. The highest BCUT2D eigenvalue weighted by atomic mass is 16.5. The Kier molecular flexibility index (Phi) is 8.20. The maximum Gasteiger partial charge on any atom is 0.303 e. The van der Waals surface area contributed by atoms with Crippen LogP contribution in [0.25, 0.3) is 0 Å². The lowest BCUT2D eigenvalue weighted by molar-refractivity contribution is -0.145. The maximum absolute atomic E-state index is 11.7. The predicted octanol–water partition coefficient (Wildman–Crippen LogP) is 1.35. The van der Waals surface area contributed by atoms with E-state index in [1.54, 1.807) is 7.05 Å². The Morgan fingerprint density at radius 1 is 1.32 bits per heavy atom. The molecule has 0 saturated heterocycles. The van der Waals surface area contributed by atoms with Crippen LogP contribution in [0, 0.1) is 0 Å². The van der Waals surface area contributed by atoms with Gasteiger partial charge in [-0.1, -0.05) is 19.1 Å². The Morgan fingerprint density at radius 3 is 2.47 bits per heavy atom. The monoisotopic (exact) mass is 266 g/mol. The quantitative estimate of drug-likeness (QED) is 0.835. The Balaban J connectivity index is 0.00000154. The fourth-order valence-electron chi connectivity index (χ4n) is 1.39. The minimum atomic E-state index is -0.450. The lowest BCUT2D eigenvalue weighted by Gasteiger charge is -2.17. The first-order valence-electron chi connectivity index (χ1n) is 6.11. The third-order valence-corrected chi connectivity index (χ3v) is 2.48. The summed E-state index contributed by atoms with van der Waals surface area (Å²) in [7, 11) is 3.17. The summed E-state index contributed by atoms with van der Waals surface area (Å²) in [5.41, 5.74) is 6.47. The van der Waals surface area contributed by atoms with Crippen LogP contribution in [0.3, 0.4) is 0 Å². The summed E-state index contributed by atoms with van der Waals surface area (Å²) in [6.07, 6.45) is 0.916. The van der Waals surface area contributed by atoms with Crippen molar-refractivity contribution in [2.24, 2.45) is 5.73 Å². The van der Waals surface area contributed by atoms with Gasteiger partial charge < -0.3 is 15.4 Å². The molecule has 0 aliphatic heterocycles. The first-order chi connectivity index (χ1) is 9.04.